The molecule has 2 rings (SSSR count). The van der Waals surface area contributed by atoms with Crippen molar-refractivity contribution in [2.45, 2.75) is 19.3 Å². The molecule has 1 fully saturated rings. The Balaban J connectivity index is 0.00000242. The van der Waals surface area contributed by atoms with E-state index in [-0.39, 0.29) is 24.1 Å². The fourth-order valence-corrected chi connectivity index (χ4v) is 2.76. The largest absolute Gasteiger partial charge is 0.494 e. The van der Waals surface area contributed by atoms with Gasteiger partial charge in [-0.2, -0.15) is 0 Å². The zero-order chi connectivity index (χ0) is 15.2. The first-order chi connectivity index (χ1) is 10.2. The predicted molar refractivity (Wildman–Crippen MR) is 87.4 cm³/mol. The summed E-state index contributed by atoms with van der Waals surface area (Å²) in [6.45, 7) is 2.52. The molecule has 1 N–H and O–H groups in total. The molecule has 1 amide bonds. The van der Waals surface area contributed by atoms with E-state index in [9.17, 15) is 9.18 Å². The number of benzene rings is 1. The Morgan fingerprint density at radius 1 is 1.41 bits per heavy atom. The van der Waals surface area contributed by atoms with Crippen molar-refractivity contribution >= 4 is 18.3 Å². The van der Waals surface area contributed by atoms with Crippen LogP contribution >= 0.6 is 12.4 Å². The molecule has 0 spiro atoms. The van der Waals surface area contributed by atoms with Crippen LogP contribution in [-0.4, -0.2) is 44.6 Å². The number of ether oxygens (including phenoxy) is 1. The molecule has 6 heteroatoms. The molecule has 1 saturated heterocycles. The molecule has 0 unspecified atom stereocenters. The SMILES string of the molecule is CNCCC1CCN(C(=O)c2ccc(OC)c(F)c2)CC1.Cl. The molecule has 0 saturated carbocycles. The van der Waals surface area contributed by atoms with Gasteiger partial charge in [0, 0.05) is 18.7 Å². The van der Waals surface area contributed by atoms with Gasteiger partial charge in [-0.3, -0.25) is 4.79 Å². The Hall–Kier alpha value is -1.33. The van der Waals surface area contributed by atoms with E-state index in [2.05, 4.69) is 5.32 Å². The highest BCUT2D eigenvalue weighted by Gasteiger charge is 2.23. The van der Waals surface area contributed by atoms with Crippen molar-refractivity contribution in [2.75, 3.05) is 33.8 Å². The fourth-order valence-electron chi connectivity index (χ4n) is 2.76. The second-order valence-corrected chi connectivity index (χ2v) is 5.48. The van der Waals surface area contributed by atoms with Crippen LogP contribution in [-0.2, 0) is 0 Å². The molecule has 0 aliphatic carbocycles. The Kier molecular flexibility index (Phi) is 7.62. The number of nitrogens with one attached hydrogen (secondary N) is 1. The van der Waals surface area contributed by atoms with Gasteiger partial charge in [-0.05, 0) is 57.0 Å². The molecule has 0 aromatic heterocycles. The Morgan fingerprint density at radius 3 is 2.64 bits per heavy atom. The lowest BCUT2D eigenvalue weighted by Crippen LogP contribution is -2.39. The summed E-state index contributed by atoms with van der Waals surface area (Å²) in [5.41, 5.74) is 0.391. The second kappa shape index (κ2) is 8.96. The van der Waals surface area contributed by atoms with Gasteiger partial charge in [-0.1, -0.05) is 0 Å². The van der Waals surface area contributed by atoms with Gasteiger partial charge in [0.2, 0.25) is 0 Å². The van der Waals surface area contributed by atoms with E-state index >= 15 is 0 Å². The molecular formula is C16H24ClFN2O2. The van der Waals surface area contributed by atoms with Crippen molar-refractivity contribution in [2.24, 2.45) is 5.92 Å². The zero-order valence-electron chi connectivity index (χ0n) is 13.1. The number of carbonyl (C=O) groups excluding carboxylic acids is 1. The Bertz CT molecular complexity index is 491. The smallest absolute Gasteiger partial charge is 0.253 e. The minimum Gasteiger partial charge on any atom is -0.494 e. The van der Waals surface area contributed by atoms with E-state index in [1.807, 2.05) is 11.9 Å². The molecule has 1 aliphatic rings. The number of hydrogen-bond donors (Lipinski definition) is 1. The van der Waals surface area contributed by atoms with Gasteiger partial charge in [0.15, 0.2) is 11.6 Å². The maximum Gasteiger partial charge on any atom is 0.253 e. The van der Waals surface area contributed by atoms with Crippen molar-refractivity contribution in [1.82, 2.24) is 10.2 Å². The van der Waals surface area contributed by atoms with Crippen LogP contribution in [0.1, 0.15) is 29.6 Å². The lowest BCUT2D eigenvalue weighted by molar-refractivity contribution is 0.0686. The quantitative estimate of drug-likeness (QED) is 0.902. The molecule has 124 valence electrons. The van der Waals surface area contributed by atoms with Gasteiger partial charge in [0.05, 0.1) is 7.11 Å². The number of nitrogens with zero attached hydrogens (tertiary/aromatic N) is 1. The van der Waals surface area contributed by atoms with Crippen molar-refractivity contribution < 1.29 is 13.9 Å². The number of likely N-dealkylation sites (tertiary alicyclic amines) is 1. The molecule has 0 bridgehead atoms. The van der Waals surface area contributed by atoms with E-state index < -0.39 is 5.82 Å². The predicted octanol–water partition coefficient (Wildman–Crippen LogP) is 2.72. The molecule has 1 heterocycles. The standard InChI is InChI=1S/C16H23FN2O2.ClH/c1-18-8-5-12-6-9-19(10-7-12)16(20)13-3-4-15(21-2)14(17)11-13;/h3-4,11-12,18H,5-10H2,1-2H3;1H. The maximum atomic E-state index is 13.7. The molecule has 4 nitrogen and oxygen atoms in total. The third-order valence-corrected chi connectivity index (χ3v) is 4.10. The van der Waals surface area contributed by atoms with Gasteiger partial charge in [-0.15, -0.1) is 12.4 Å². The average molecular weight is 331 g/mol. The van der Waals surface area contributed by atoms with Crippen LogP contribution in [0.3, 0.4) is 0 Å². The number of halogens is 2. The summed E-state index contributed by atoms with van der Waals surface area (Å²) in [7, 11) is 3.37. The van der Waals surface area contributed by atoms with Crippen LogP contribution in [0, 0.1) is 11.7 Å². The molecule has 1 aliphatic heterocycles. The number of rotatable bonds is 5. The first-order valence-electron chi connectivity index (χ1n) is 7.43. The summed E-state index contributed by atoms with van der Waals surface area (Å²) in [6, 6.07) is 4.38. The number of hydrogen-bond acceptors (Lipinski definition) is 3. The van der Waals surface area contributed by atoms with Crippen LogP contribution in [0.25, 0.3) is 0 Å². The summed E-state index contributed by atoms with van der Waals surface area (Å²) < 4.78 is 18.5. The summed E-state index contributed by atoms with van der Waals surface area (Å²) in [4.78, 5) is 14.2. The van der Waals surface area contributed by atoms with E-state index in [0.29, 0.717) is 11.5 Å². The summed E-state index contributed by atoms with van der Waals surface area (Å²) in [5.74, 6) is 0.252. The monoisotopic (exact) mass is 330 g/mol. The Morgan fingerprint density at radius 2 is 2.09 bits per heavy atom. The van der Waals surface area contributed by atoms with Gasteiger partial charge >= 0.3 is 0 Å². The summed E-state index contributed by atoms with van der Waals surface area (Å²) >= 11 is 0. The fraction of sp³-hybridized carbons (Fsp3) is 0.562. The van der Waals surface area contributed by atoms with E-state index in [4.69, 9.17) is 4.74 Å². The van der Waals surface area contributed by atoms with Crippen molar-refractivity contribution in [1.29, 1.82) is 0 Å². The molecule has 1 aromatic rings. The number of carbonyl (C=O) groups is 1. The van der Waals surface area contributed by atoms with Crippen LogP contribution in [0.2, 0.25) is 0 Å². The normalized spacial score (nSPS) is 15.3. The van der Waals surface area contributed by atoms with Crippen LogP contribution in [0.15, 0.2) is 18.2 Å². The van der Waals surface area contributed by atoms with Crippen molar-refractivity contribution in [3.63, 3.8) is 0 Å². The van der Waals surface area contributed by atoms with Crippen LogP contribution in [0.4, 0.5) is 4.39 Å². The van der Waals surface area contributed by atoms with Crippen LogP contribution in [0.5, 0.6) is 5.75 Å². The lowest BCUT2D eigenvalue weighted by atomic mass is 9.93. The van der Waals surface area contributed by atoms with Gasteiger partial charge < -0.3 is 15.0 Å². The average Bonchev–Trinajstić information content (AvgIpc) is 2.52. The lowest BCUT2D eigenvalue weighted by Gasteiger charge is -2.32. The number of methoxy groups -OCH3 is 1. The summed E-state index contributed by atoms with van der Waals surface area (Å²) in [6.07, 6.45) is 3.19. The summed E-state index contributed by atoms with van der Waals surface area (Å²) in [5, 5.41) is 3.16. The first kappa shape index (κ1) is 18.7. The minimum absolute atomic E-state index is 0. The zero-order valence-corrected chi connectivity index (χ0v) is 13.9. The van der Waals surface area contributed by atoms with Gasteiger partial charge in [0.1, 0.15) is 0 Å². The van der Waals surface area contributed by atoms with Gasteiger partial charge in [0.25, 0.3) is 5.91 Å². The highest BCUT2D eigenvalue weighted by Crippen LogP contribution is 2.23. The number of amides is 1. The Labute approximate surface area is 137 Å². The molecule has 1 aromatic carbocycles. The van der Waals surface area contributed by atoms with E-state index in [0.717, 1.165) is 38.9 Å². The van der Waals surface area contributed by atoms with E-state index in [1.165, 1.54) is 19.2 Å². The highest BCUT2D eigenvalue weighted by atomic mass is 35.5. The minimum atomic E-state index is -0.493. The van der Waals surface area contributed by atoms with Crippen LogP contribution < -0.4 is 10.1 Å². The molecular weight excluding hydrogens is 307 g/mol. The topological polar surface area (TPSA) is 41.6 Å². The van der Waals surface area contributed by atoms with Crippen molar-refractivity contribution in [3.8, 4) is 5.75 Å². The first-order valence-corrected chi connectivity index (χ1v) is 7.43. The number of piperidine rings is 1. The molecule has 22 heavy (non-hydrogen) atoms. The van der Waals surface area contributed by atoms with Crippen molar-refractivity contribution in [3.05, 3.63) is 29.6 Å². The molecule has 0 radical (unpaired) electrons. The molecule has 0 atom stereocenters. The third kappa shape index (κ3) is 4.58. The van der Waals surface area contributed by atoms with Gasteiger partial charge in [-0.25, -0.2) is 4.39 Å². The second-order valence-electron chi connectivity index (χ2n) is 5.48. The third-order valence-electron chi connectivity index (χ3n) is 4.10. The maximum absolute atomic E-state index is 13.7. The van der Waals surface area contributed by atoms with E-state index in [1.54, 1.807) is 6.07 Å². The highest BCUT2D eigenvalue weighted by molar-refractivity contribution is 5.94.